The average Bonchev–Trinajstić information content (AvgIpc) is 3.14. The number of aromatic nitrogens is 2. The summed E-state index contributed by atoms with van der Waals surface area (Å²) in [6.07, 6.45) is 3.00. The first kappa shape index (κ1) is 18.8. The highest BCUT2D eigenvalue weighted by molar-refractivity contribution is 6.30. The average molecular weight is 409 g/mol. The third kappa shape index (κ3) is 3.72. The van der Waals surface area contributed by atoms with Gasteiger partial charge in [0.2, 0.25) is 0 Å². The summed E-state index contributed by atoms with van der Waals surface area (Å²) in [6.45, 7) is 1.98. The molecule has 1 amide bonds. The zero-order valence-corrected chi connectivity index (χ0v) is 16.1. The Morgan fingerprint density at radius 1 is 1.14 bits per heavy atom. The Balaban J connectivity index is 1.70. The summed E-state index contributed by atoms with van der Waals surface area (Å²) >= 11 is 5.87. The summed E-state index contributed by atoms with van der Waals surface area (Å²) in [5.74, 6) is -1.20. The smallest absolute Gasteiger partial charge is 0.352 e. The van der Waals surface area contributed by atoms with Crippen molar-refractivity contribution in [2.45, 2.75) is 13.0 Å². The molecule has 0 radical (unpaired) electrons. The maximum absolute atomic E-state index is 12.8. The van der Waals surface area contributed by atoms with Crippen molar-refractivity contribution < 1.29 is 14.7 Å². The summed E-state index contributed by atoms with van der Waals surface area (Å²) in [4.78, 5) is 24.4. The number of hydrogen-bond donors (Lipinski definition) is 3. The summed E-state index contributed by atoms with van der Waals surface area (Å²) in [7, 11) is 0. The number of aryl methyl sites for hydroxylation is 1. The number of hydrogen-bond acceptors (Lipinski definition) is 4. The molecule has 0 saturated heterocycles. The molecule has 1 aliphatic rings. The van der Waals surface area contributed by atoms with Gasteiger partial charge in [-0.15, -0.1) is 0 Å². The maximum atomic E-state index is 12.8. The van der Waals surface area contributed by atoms with Crippen molar-refractivity contribution >= 4 is 35.0 Å². The number of carboxylic acids is 1. The van der Waals surface area contributed by atoms with E-state index in [0.29, 0.717) is 16.5 Å². The molecular weight excluding hydrogens is 392 g/mol. The summed E-state index contributed by atoms with van der Waals surface area (Å²) in [5, 5.41) is 20.0. The molecule has 0 saturated carbocycles. The molecule has 3 aromatic rings. The molecule has 0 spiro atoms. The van der Waals surface area contributed by atoms with E-state index in [4.69, 9.17) is 11.6 Å². The lowest BCUT2D eigenvalue weighted by Crippen LogP contribution is -2.25. The van der Waals surface area contributed by atoms with E-state index in [0.717, 1.165) is 11.1 Å². The van der Waals surface area contributed by atoms with Crippen molar-refractivity contribution in [1.82, 2.24) is 9.78 Å². The van der Waals surface area contributed by atoms with E-state index < -0.39 is 17.9 Å². The minimum Gasteiger partial charge on any atom is -0.477 e. The van der Waals surface area contributed by atoms with Crippen LogP contribution in [0.2, 0.25) is 5.02 Å². The fourth-order valence-corrected chi connectivity index (χ4v) is 3.25. The van der Waals surface area contributed by atoms with Gasteiger partial charge in [-0.3, -0.25) is 4.79 Å². The number of carboxylic acid groups (broad SMARTS) is 1. The molecule has 3 N–H and O–H groups in total. The van der Waals surface area contributed by atoms with E-state index in [1.54, 1.807) is 35.0 Å². The second-order valence-corrected chi connectivity index (χ2v) is 7.11. The van der Waals surface area contributed by atoms with E-state index in [9.17, 15) is 14.7 Å². The molecular formula is C21H17ClN4O3. The van der Waals surface area contributed by atoms with Gasteiger partial charge in [0.15, 0.2) is 0 Å². The van der Waals surface area contributed by atoms with Gasteiger partial charge in [0.25, 0.3) is 5.91 Å². The topological polar surface area (TPSA) is 96.2 Å². The van der Waals surface area contributed by atoms with Crippen LogP contribution in [0.1, 0.15) is 27.5 Å². The van der Waals surface area contributed by atoms with Crippen molar-refractivity contribution in [2.75, 3.05) is 10.6 Å². The van der Waals surface area contributed by atoms with Gasteiger partial charge < -0.3 is 15.7 Å². The van der Waals surface area contributed by atoms with Crippen molar-refractivity contribution in [2.24, 2.45) is 0 Å². The number of benzene rings is 2. The number of fused-ring (bicyclic) bond motifs is 1. The molecule has 0 bridgehead atoms. The number of carbonyl (C=O) groups excluding carboxylic acids is 1. The zero-order chi connectivity index (χ0) is 20.5. The summed E-state index contributed by atoms with van der Waals surface area (Å²) in [5.41, 5.74) is 2.76. The monoisotopic (exact) mass is 408 g/mol. The quantitative estimate of drug-likeness (QED) is 0.604. The van der Waals surface area contributed by atoms with Gasteiger partial charge in [0.05, 0.1) is 12.2 Å². The van der Waals surface area contributed by atoms with Crippen molar-refractivity contribution in [3.63, 3.8) is 0 Å². The first-order chi connectivity index (χ1) is 13.9. The normalized spacial score (nSPS) is 15.1. The summed E-state index contributed by atoms with van der Waals surface area (Å²) in [6, 6.07) is 14.0. The second kappa shape index (κ2) is 7.44. The Bertz CT molecular complexity index is 1120. The number of nitrogens with zero attached hydrogens (tertiary/aromatic N) is 2. The van der Waals surface area contributed by atoms with Crippen LogP contribution in [0.15, 0.2) is 66.5 Å². The lowest BCUT2D eigenvalue weighted by atomic mass is 10.0. The standard InChI is InChI=1S/C21H17ClN4O3/c1-12-2-4-13(5-3-12)18-10-17(21(28)29)25-19-16(11-23-26(18)19)20(27)24-15-8-6-14(22)7-9-15/h2-11,18,25H,1H3,(H,24,27)(H,28,29). The summed E-state index contributed by atoms with van der Waals surface area (Å²) < 4.78 is 1.61. The number of aliphatic carboxylic acids is 1. The van der Waals surface area contributed by atoms with Crippen molar-refractivity contribution in [3.8, 4) is 0 Å². The molecule has 2 heterocycles. The Kier molecular flexibility index (Phi) is 4.82. The Morgan fingerprint density at radius 2 is 1.83 bits per heavy atom. The highest BCUT2D eigenvalue weighted by Gasteiger charge is 2.29. The van der Waals surface area contributed by atoms with Crippen LogP contribution in [0.25, 0.3) is 0 Å². The molecule has 1 unspecified atom stereocenters. The molecule has 7 nitrogen and oxygen atoms in total. The number of nitrogens with one attached hydrogen (secondary N) is 2. The van der Waals surface area contributed by atoms with E-state index in [1.165, 1.54) is 6.20 Å². The third-order valence-electron chi connectivity index (χ3n) is 4.63. The largest absolute Gasteiger partial charge is 0.477 e. The predicted octanol–water partition coefficient (Wildman–Crippen LogP) is 4.08. The lowest BCUT2D eigenvalue weighted by molar-refractivity contribution is -0.132. The minimum absolute atomic E-state index is 0.0101. The SMILES string of the molecule is Cc1ccc(C2C=C(C(=O)O)Nc3c(C(=O)Nc4ccc(Cl)cc4)cnn32)cc1. The number of allylic oxidation sites excluding steroid dienone is 1. The van der Waals surface area contributed by atoms with Crippen LogP contribution in [-0.4, -0.2) is 26.8 Å². The first-order valence-electron chi connectivity index (χ1n) is 8.85. The number of anilines is 2. The molecule has 8 heteroatoms. The third-order valence-corrected chi connectivity index (χ3v) is 4.88. The zero-order valence-electron chi connectivity index (χ0n) is 15.4. The Morgan fingerprint density at radius 3 is 2.48 bits per heavy atom. The fraction of sp³-hybridized carbons (Fsp3) is 0.0952. The molecule has 146 valence electrons. The van der Waals surface area contributed by atoms with Crippen LogP contribution in [0, 0.1) is 6.92 Å². The number of rotatable bonds is 4. The Labute approximate surface area is 171 Å². The molecule has 4 rings (SSSR count). The van der Waals surface area contributed by atoms with Crippen molar-refractivity contribution in [3.05, 3.63) is 88.2 Å². The van der Waals surface area contributed by atoms with Crippen LogP contribution in [0.3, 0.4) is 0 Å². The molecule has 1 aliphatic heterocycles. The molecule has 0 aliphatic carbocycles. The molecule has 29 heavy (non-hydrogen) atoms. The molecule has 1 aromatic heterocycles. The van der Waals surface area contributed by atoms with Gasteiger partial charge in [0, 0.05) is 10.7 Å². The Hall–Kier alpha value is -3.58. The lowest BCUT2D eigenvalue weighted by Gasteiger charge is -2.24. The molecule has 1 atom stereocenters. The molecule has 2 aromatic carbocycles. The number of halogens is 1. The molecule has 0 fully saturated rings. The van der Waals surface area contributed by atoms with Gasteiger partial charge >= 0.3 is 5.97 Å². The van der Waals surface area contributed by atoms with Gasteiger partial charge in [-0.25, -0.2) is 9.48 Å². The highest BCUT2D eigenvalue weighted by Crippen LogP contribution is 2.32. The van der Waals surface area contributed by atoms with E-state index in [1.807, 2.05) is 31.2 Å². The van der Waals surface area contributed by atoms with Gasteiger partial charge in [-0.1, -0.05) is 41.4 Å². The maximum Gasteiger partial charge on any atom is 0.352 e. The van der Waals surface area contributed by atoms with Crippen LogP contribution in [0.4, 0.5) is 11.5 Å². The second-order valence-electron chi connectivity index (χ2n) is 6.68. The van der Waals surface area contributed by atoms with Crippen LogP contribution < -0.4 is 10.6 Å². The van der Waals surface area contributed by atoms with E-state index >= 15 is 0 Å². The van der Waals surface area contributed by atoms with Crippen LogP contribution in [0.5, 0.6) is 0 Å². The minimum atomic E-state index is -1.11. The predicted molar refractivity (Wildman–Crippen MR) is 110 cm³/mol. The first-order valence-corrected chi connectivity index (χ1v) is 9.23. The van der Waals surface area contributed by atoms with Gasteiger partial charge in [0.1, 0.15) is 17.1 Å². The van der Waals surface area contributed by atoms with Crippen LogP contribution in [-0.2, 0) is 4.79 Å². The van der Waals surface area contributed by atoms with Gasteiger partial charge in [-0.2, -0.15) is 5.10 Å². The van der Waals surface area contributed by atoms with Gasteiger partial charge in [-0.05, 0) is 42.8 Å². The highest BCUT2D eigenvalue weighted by atomic mass is 35.5. The number of amides is 1. The van der Waals surface area contributed by atoms with E-state index in [2.05, 4.69) is 15.7 Å². The number of carbonyl (C=O) groups is 2. The fourth-order valence-electron chi connectivity index (χ4n) is 3.12. The van der Waals surface area contributed by atoms with Crippen LogP contribution >= 0.6 is 11.6 Å². The van der Waals surface area contributed by atoms with E-state index in [-0.39, 0.29) is 11.3 Å². The van der Waals surface area contributed by atoms with Crippen molar-refractivity contribution in [1.29, 1.82) is 0 Å².